The number of ether oxygens (including phenoxy) is 1. The van der Waals surface area contributed by atoms with Gasteiger partial charge in [-0.1, -0.05) is 0 Å². The van der Waals surface area contributed by atoms with E-state index >= 15 is 0 Å². The molecule has 0 aliphatic carbocycles. The molecule has 0 bridgehead atoms. The maximum atomic E-state index is 14.5. The molecule has 2 heterocycles. The number of halogens is 1. The summed E-state index contributed by atoms with van der Waals surface area (Å²) in [4.78, 5) is 30.9. The molecule has 2 fully saturated rings. The van der Waals surface area contributed by atoms with Crippen molar-refractivity contribution in [3.63, 3.8) is 0 Å². The van der Waals surface area contributed by atoms with Crippen molar-refractivity contribution in [3.05, 3.63) is 104 Å². The first-order valence-corrected chi connectivity index (χ1v) is 17.5. The zero-order valence-electron chi connectivity index (χ0n) is 21.5. The molecule has 0 N–H and O–H groups in total. The average molecular weight is 594 g/mol. The Morgan fingerprint density at radius 3 is 1.92 bits per heavy atom. The molecule has 2 atom stereocenters. The standard InChI is InChI=1S/C31H34BrN2O3P/c1-2-23-37-31(36)34-21-12-13-25(34)24-33-22-20-29(30(33)35)38(32,26-14-6-3-7-15-26,27-16-8-4-9-17-27)28-18-10-5-11-19-28/h2-11,14-19,25,29H,1,12-13,20-24H2/t25-,29-/m0/s1. The quantitative estimate of drug-likeness (QED) is 0.266. The first-order chi connectivity index (χ1) is 18.5. The van der Waals surface area contributed by atoms with Crippen molar-refractivity contribution < 1.29 is 14.3 Å². The van der Waals surface area contributed by atoms with Gasteiger partial charge in [0.25, 0.3) is 0 Å². The van der Waals surface area contributed by atoms with Crippen molar-refractivity contribution in [2.24, 2.45) is 0 Å². The normalized spacial score (nSPS) is 20.7. The molecule has 0 radical (unpaired) electrons. The van der Waals surface area contributed by atoms with E-state index in [1.54, 1.807) is 11.0 Å². The molecule has 38 heavy (non-hydrogen) atoms. The van der Waals surface area contributed by atoms with E-state index in [1.807, 2.05) is 23.1 Å². The molecule has 3 aromatic rings. The van der Waals surface area contributed by atoms with E-state index in [-0.39, 0.29) is 30.3 Å². The molecule has 2 amide bonds. The fraction of sp³-hybridized carbons (Fsp3) is 0.290. The molecular weight excluding hydrogens is 559 g/mol. The van der Waals surface area contributed by atoms with Gasteiger partial charge in [-0.05, 0) is 0 Å². The maximum absolute atomic E-state index is 14.5. The van der Waals surface area contributed by atoms with Gasteiger partial charge in [-0.15, -0.1) is 0 Å². The Balaban J connectivity index is 1.56. The Kier molecular flexibility index (Phi) is 7.74. The van der Waals surface area contributed by atoms with E-state index in [4.69, 9.17) is 4.74 Å². The van der Waals surface area contributed by atoms with Crippen LogP contribution in [-0.4, -0.2) is 59.7 Å². The molecular formula is C31H34BrN2O3P. The molecule has 5 rings (SSSR count). The van der Waals surface area contributed by atoms with Crippen LogP contribution in [0.3, 0.4) is 0 Å². The summed E-state index contributed by atoms with van der Waals surface area (Å²) in [6, 6.07) is 31.4. The van der Waals surface area contributed by atoms with Gasteiger partial charge in [0.05, 0.1) is 0 Å². The summed E-state index contributed by atoms with van der Waals surface area (Å²) in [6.45, 7) is 5.66. The van der Waals surface area contributed by atoms with Crippen LogP contribution in [0.4, 0.5) is 4.79 Å². The van der Waals surface area contributed by atoms with Crippen molar-refractivity contribution in [3.8, 4) is 0 Å². The Morgan fingerprint density at radius 2 is 1.42 bits per heavy atom. The second kappa shape index (κ2) is 11.0. The Bertz CT molecular complexity index is 1190. The third-order valence-corrected chi connectivity index (χ3v) is 18.7. The SMILES string of the molecule is C=CCOC(=O)N1CCC[C@H]1CN1CC[C@H](P(Br)(c2ccccc2)(c2ccccc2)c2ccccc2)C1=O. The molecule has 0 unspecified atom stereocenters. The van der Waals surface area contributed by atoms with Gasteiger partial charge in [-0.2, -0.15) is 0 Å². The van der Waals surface area contributed by atoms with Crippen LogP contribution >= 0.6 is 20.8 Å². The number of nitrogens with zero attached hydrogens (tertiary/aromatic N) is 2. The van der Waals surface area contributed by atoms with Gasteiger partial charge < -0.3 is 0 Å². The van der Waals surface area contributed by atoms with Gasteiger partial charge in [0.1, 0.15) is 0 Å². The molecule has 2 saturated heterocycles. The first-order valence-electron chi connectivity index (χ1n) is 13.2. The van der Waals surface area contributed by atoms with Crippen molar-refractivity contribution in [2.45, 2.75) is 31.0 Å². The van der Waals surface area contributed by atoms with Crippen LogP contribution in [0.15, 0.2) is 104 Å². The van der Waals surface area contributed by atoms with Crippen molar-refractivity contribution >= 4 is 48.7 Å². The van der Waals surface area contributed by atoms with Gasteiger partial charge in [-0.25, -0.2) is 0 Å². The van der Waals surface area contributed by atoms with Crippen molar-refractivity contribution in [1.82, 2.24) is 9.80 Å². The van der Waals surface area contributed by atoms with E-state index in [0.717, 1.165) is 35.2 Å². The predicted molar refractivity (Wildman–Crippen MR) is 160 cm³/mol. The Labute approximate surface area is 233 Å². The van der Waals surface area contributed by atoms with Crippen LogP contribution in [-0.2, 0) is 9.53 Å². The third kappa shape index (κ3) is 4.38. The number of hydrogen-bond donors (Lipinski definition) is 0. The molecule has 5 nitrogen and oxygen atoms in total. The molecule has 7 heteroatoms. The van der Waals surface area contributed by atoms with Crippen LogP contribution in [0.5, 0.6) is 0 Å². The number of carbonyl (C=O) groups is 2. The van der Waals surface area contributed by atoms with Crippen LogP contribution in [0, 0.1) is 0 Å². The summed E-state index contributed by atoms with van der Waals surface area (Å²) >= 11 is 4.48. The number of benzene rings is 3. The number of hydrogen-bond acceptors (Lipinski definition) is 3. The summed E-state index contributed by atoms with van der Waals surface area (Å²) in [7, 11) is 0. The summed E-state index contributed by atoms with van der Waals surface area (Å²) in [5.41, 5.74) is -0.268. The van der Waals surface area contributed by atoms with E-state index < -0.39 is 5.31 Å². The summed E-state index contributed by atoms with van der Waals surface area (Å²) < 4.78 is 5.33. The van der Waals surface area contributed by atoms with Crippen molar-refractivity contribution in [2.75, 3.05) is 26.2 Å². The number of rotatable bonds is 8. The second-order valence-corrected chi connectivity index (χ2v) is 18.8. The van der Waals surface area contributed by atoms with E-state index in [2.05, 4.69) is 94.9 Å². The summed E-state index contributed by atoms with van der Waals surface area (Å²) in [5, 5.41) is 0.00437. The van der Waals surface area contributed by atoms with Crippen molar-refractivity contribution in [1.29, 1.82) is 0 Å². The molecule has 2 aliphatic rings. The molecule has 3 aromatic carbocycles. The summed E-state index contributed by atoms with van der Waals surface area (Å²) in [5.74, 6) is 0.141. The Hall–Kier alpha value is -2.95. The average Bonchev–Trinajstić information content (AvgIpc) is 3.60. The molecule has 0 saturated carbocycles. The van der Waals surface area contributed by atoms with Crippen LogP contribution in [0.1, 0.15) is 19.3 Å². The van der Waals surface area contributed by atoms with E-state index in [9.17, 15) is 9.59 Å². The molecule has 0 aromatic heterocycles. The zero-order chi connectivity index (χ0) is 26.6. The number of amides is 2. The predicted octanol–water partition coefficient (Wildman–Crippen LogP) is 5.21. The zero-order valence-corrected chi connectivity index (χ0v) is 24.0. The van der Waals surface area contributed by atoms with Crippen LogP contribution in [0.2, 0.25) is 0 Å². The fourth-order valence-electron chi connectivity index (χ4n) is 6.23. The second-order valence-electron chi connectivity index (χ2n) is 10.0. The van der Waals surface area contributed by atoms with Gasteiger partial charge in [-0.3, -0.25) is 0 Å². The number of likely N-dealkylation sites (tertiary alicyclic amines) is 2. The third-order valence-electron chi connectivity index (χ3n) is 8.01. The van der Waals surface area contributed by atoms with Gasteiger partial charge in [0.15, 0.2) is 0 Å². The van der Waals surface area contributed by atoms with Gasteiger partial charge in [0.2, 0.25) is 0 Å². The van der Waals surface area contributed by atoms with Gasteiger partial charge >= 0.3 is 234 Å². The van der Waals surface area contributed by atoms with E-state index in [0.29, 0.717) is 19.6 Å². The van der Waals surface area contributed by atoms with Gasteiger partial charge in [0, 0.05) is 0 Å². The molecule has 2 aliphatic heterocycles. The minimum atomic E-state index is -3.43. The topological polar surface area (TPSA) is 49.9 Å². The number of carbonyl (C=O) groups excluding carboxylic acids is 2. The molecule has 0 spiro atoms. The Morgan fingerprint density at radius 1 is 0.895 bits per heavy atom. The monoisotopic (exact) mass is 592 g/mol. The van der Waals surface area contributed by atoms with Crippen LogP contribution in [0.25, 0.3) is 0 Å². The van der Waals surface area contributed by atoms with E-state index in [1.165, 1.54) is 0 Å². The van der Waals surface area contributed by atoms with Crippen LogP contribution < -0.4 is 15.9 Å². The summed E-state index contributed by atoms with van der Waals surface area (Å²) in [6.07, 6.45) is 3.76. The first kappa shape index (κ1) is 26.6. The molecule has 198 valence electrons. The minimum absolute atomic E-state index is 0.0402. The fourth-order valence-corrected chi connectivity index (χ4v) is 14.9.